The van der Waals surface area contributed by atoms with E-state index in [2.05, 4.69) is 15.7 Å². The van der Waals surface area contributed by atoms with Gasteiger partial charge in [-0.15, -0.1) is 0 Å². The maximum atomic E-state index is 14.1. The average Bonchev–Trinajstić information content (AvgIpc) is 3.67. The number of aliphatic carboxylic acids is 1. The van der Waals surface area contributed by atoms with Crippen molar-refractivity contribution in [3.05, 3.63) is 64.4 Å². The van der Waals surface area contributed by atoms with Crippen LogP contribution < -0.4 is 15.4 Å². The van der Waals surface area contributed by atoms with Gasteiger partial charge in [-0.3, -0.25) is 4.79 Å². The third kappa shape index (κ3) is 8.55. The predicted molar refractivity (Wildman–Crippen MR) is 143 cm³/mol. The molecule has 0 aliphatic heterocycles. The number of alkyl halides is 3. The Morgan fingerprint density at radius 2 is 1.72 bits per heavy atom. The van der Waals surface area contributed by atoms with E-state index in [-0.39, 0.29) is 36.4 Å². The molecule has 15 heteroatoms. The standard InChI is InChI=1S/C26H30F2N4O4.C2HF3O2/c1-4-10-26(3,30-25(34)35)14-29-24(33)22-20-11-15(2)12-21(32(20)31-23(22)16-8-9-16)36-13-17-18(27)6-5-7-19(17)28;3-2(4,5)1(6)7/h5-7,11-12,16,30H,4,8-10,13-14H2,1-3H3,(H,29,33)(H,34,35);(H,6,7). The molecule has 0 saturated heterocycles. The van der Waals surface area contributed by atoms with E-state index in [1.165, 1.54) is 22.7 Å². The van der Waals surface area contributed by atoms with E-state index in [1.807, 2.05) is 19.9 Å². The van der Waals surface area contributed by atoms with Crippen LogP contribution in [0.2, 0.25) is 0 Å². The van der Waals surface area contributed by atoms with Crippen molar-refractivity contribution in [3.8, 4) is 5.88 Å². The second-order valence-corrected chi connectivity index (χ2v) is 10.4. The first-order valence-corrected chi connectivity index (χ1v) is 13.2. The second-order valence-electron chi connectivity index (χ2n) is 10.4. The second kappa shape index (κ2) is 13.3. The summed E-state index contributed by atoms with van der Waals surface area (Å²) in [4.78, 5) is 33.6. The highest BCUT2D eigenvalue weighted by atomic mass is 19.4. The molecule has 1 unspecified atom stereocenters. The third-order valence-electron chi connectivity index (χ3n) is 6.58. The van der Waals surface area contributed by atoms with Crippen LogP contribution in [0.15, 0.2) is 30.3 Å². The Kier molecular flexibility index (Phi) is 10.2. The van der Waals surface area contributed by atoms with Crippen LogP contribution >= 0.6 is 0 Å². The van der Waals surface area contributed by atoms with Gasteiger partial charge in [-0.2, -0.15) is 22.8 Å². The van der Waals surface area contributed by atoms with Crippen LogP contribution in [-0.2, 0) is 11.4 Å². The molecule has 1 aromatic carbocycles. The monoisotopic (exact) mass is 614 g/mol. The fourth-order valence-corrected chi connectivity index (χ4v) is 4.43. The molecule has 4 rings (SSSR count). The lowest BCUT2D eigenvalue weighted by atomic mass is 9.96. The first kappa shape index (κ1) is 33.1. The highest BCUT2D eigenvalue weighted by Gasteiger charge is 2.38. The summed E-state index contributed by atoms with van der Waals surface area (Å²) in [5.41, 5.74) is 1.31. The molecule has 1 aliphatic rings. The zero-order valence-corrected chi connectivity index (χ0v) is 23.5. The maximum absolute atomic E-state index is 14.1. The summed E-state index contributed by atoms with van der Waals surface area (Å²) in [5, 5.41) is 26.4. The van der Waals surface area contributed by atoms with Crippen molar-refractivity contribution >= 4 is 23.5 Å². The number of aryl methyl sites for hydroxylation is 1. The molecular weight excluding hydrogens is 583 g/mol. The van der Waals surface area contributed by atoms with Crippen molar-refractivity contribution in [1.82, 2.24) is 20.2 Å². The normalized spacial score (nSPS) is 14.3. The summed E-state index contributed by atoms with van der Waals surface area (Å²) in [6, 6.07) is 7.13. The van der Waals surface area contributed by atoms with Gasteiger partial charge in [0.15, 0.2) is 0 Å². The van der Waals surface area contributed by atoms with Gasteiger partial charge in [-0.1, -0.05) is 19.4 Å². The van der Waals surface area contributed by atoms with Gasteiger partial charge in [0.25, 0.3) is 5.91 Å². The van der Waals surface area contributed by atoms with Crippen LogP contribution in [0, 0.1) is 18.6 Å². The minimum atomic E-state index is -5.08. The Balaban J connectivity index is 0.000000646. The lowest BCUT2D eigenvalue weighted by Gasteiger charge is -2.29. The molecular formula is C28H31F5N4O6. The maximum Gasteiger partial charge on any atom is 0.490 e. The molecule has 10 nitrogen and oxygen atoms in total. The summed E-state index contributed by atoms with van der Waals surface area (Å²) in [6.07, 6.45) is -3.16. The molecule has 1 aliphatic carbocycles. The SMILES string of the molecule is CCCC(C)(CNC(=O)c1c(C2CC2)nn2c(OCc3c(F)cccc3F)cc(C)cc12)NC(=O)O.O=C(O)C(F)(F)F. The lowest BCUT2D eigenvalue weighted by Crippen LogP contribution is -2.53. The summed E-state index contributed by atoms with van der Waals surface area (Å²) in [6.45, 7) is 5.29. The molecule has 234 valence electrons. The van der Waals surface area contributed by atoms with Crippen LogP contribution in [0.4, 0.5) is 26.7 Å². The summed E-state index contributed by atoms with van der Waals surface area (Å²) in [7, 11) is 0. The number of hydrogen-bond acceptors (Lipinski definition) is 5. The van der Waals surface area contributed by atoms with Gasteiger partial charge in [0.1, 0.15) is 18.2 Å². The Bertz CT molecular complexity index is 1480. The van der Waals surface area contributed by atoms with Gasteiger partial charge in [-0.05, 0) is 56.9 Å². The van der Waals surface area contributed by atoms with Gasteiger partial charge in [0.05, 0.1) is 27.9 Å². The average molecular weight is 615 g/mol. The van der Waals surface area contributed by atoms with Crippen LogP contribution in [0.5, 0.6) is 5.88 Å². The van der Waals surface area contributed by atoms with Gasteiger partial charge in [0.2, 0.25) is 5.88 Å². The van der Waals surface area contributed by atoms with E-state index in [4.69, 9.17) is 14.6 Å². The largest absolute Gasteiger partial charge is 0.490 e. The van der Waals surface area contributed by atoms with Gasteiger partial charge >= 0.3 is 18.2 Å². The number of rotatable bonds is 10. The molecule has 0 spiro atoms. The molecule has 3 aromatic rings. The number of ether oxygens (including phenoxy) is 1. The number of halogens is 5. The number of benzene rings is 1. The Morgan fingerprint density at radius 3 is 2.23 bits per heavy atom. The van der Waals surface area contributed by atoms with Crippen molar-refractivity contribution in [2.45, 2.75) is 70.7 Å². The Labute approximate surface area is 242 Å². The molecule has 1 saturated carbocycles. The summed E-state index contributed by atoms with van der Waals surface area (Å²) < 4.78 is 67.3. The number of carboxylic acid groups (broad SMARTS) is 2. The number of carbonyl (C=O) groups is 3. The first-order chi connectivity index (χ1) is 20.1. The molecule has 0 radical (unpaired) electrons. The number of carbonyl (C=O) groups excluding carboxylic acids is 1. The first-order valence-electron chi connectivity index (χ1n) is 13.2. The number of carboxylic acids is 1. The number of nitrogens with one attached hydrogen (secondary N) is 2. The van der Waals surface area contributed by atoms with Crippen molar-refractivity contribution in [3.63, 3.8) is 0 Å². The zero-order chi connectivity index (χ0) is 32.1. The van der Waals surface area contributed by atoms with Crippen LogP contribution in [-0.4, -0.2) is 56.1 Å². The predicted octanol–water partition coefficient (Wildman–Crippen LogP) is 5.57. The third-order valence-corrected chi connectivity index (χ3v) is 6.58. The molecule has 1 atom stereocenters. The van der Waals surface area contributed by atoms with Crippen LogP contribution in [0.25, 0.3) is 5.52 Å². The van der Waals surface area contributed by atoms with E-state index in [0.717, 1.165) is 24.8 Å². The van der Waals surface area contributed by atoms with Crippen molar-refractivity contribution in [2.24, 2.45) is 0 Å². The van der Waals surface area contributed by atoms with Gasteiger partial charge in [0, 0.05) is 18.5 Å². The van der Waals surface area contributed by atoms with Crippen molar-refractivity contribution in [2.75, 3.05) is 6.54 Å². The van der Waals surface area contributed by atoms with E-state index in [1.54, 1.807) is 13.0 Å². The molecule has 2 heterocycles. The lowest BCUT2D eigenvalue weighted by molar-refractivity contribution is -0.192. The van der Waals surface area contributed by atoms with E-state index >= 15 is 0 Å². The molecule has 4 N–H and O–H groups in total. The number of nitrogens with zero attached hydrogens (tertiary/aromatic N) is 2. The topological polar surface area (TPSA) is 142 Å². The fraction of sp³-hybridized carbons (Fsp3) is 0.429. The number of pyridine rings is 1. The minimum absolute atomic E-state index is 0.106. The van der Waals surface area contributed by atoms with Gasteiger partial charge < -0.3 is 25.6 Å². The van der Waals surface area contributed by atoms with Gasteiger partial charge in [-0.25, -0.2) is 18.4 Å². The quantitative estimate of drug-likeness (QED) is 0.219. The number of aromatic nitrogens is 2. The van der Waals surface area contributed by atoms with E-state index in [9.17, 15) is 36.6 Å². The number of amides is 2. The molecule has 2 amide bonds. The Hall–Kier alpha value is -4.43. The number of fused-ring (bicyclic) bond motifs is 1. The van der Waals surface area contributed by atoms with Crippen LogP contribution in [0.1, 0.15) is 72.6 Å². The fourth-order valence-electron chi connectivity index (χ4n) is 4.43. The van der Waals surface area contributed by atoms with E-state index in [0.29, 0.717) is 23.2 Å². The zero-order valence-electron chi connectivity index (χ0n) is 23.5. The van der Waals surface area contributed by atoms with Crippen LogP contribution in [0.3, 0.4) is 0 Å². The highest BCUT2D eigenvalue weighted by Crippen LogP contribution is 2.42. The highest BCUT2D eigenvalue weighted by molar-refractivity contribution is 6.02. The van der Waals surface area contributed by atoms with Crippen molar-refractivity contribution < 1.29 is 51.3 Å². The molecule has 0 bridgehead atoms. The smallest absolute Gasteiger partial charge is 0.475 e. The van der Waals surface area contributed by atoms with E-state index < -0.39 is 35.4 Å². The summed E-state index contributed by atoms with van der Waals surface area (Å²) in [5.74, 6) is -4.14. The molecule has 2 aromatic heterocycles. The van der Waals surface area contributed by atoms with Crippen molar-refractivity contribution in [1.29, 1.82) is 0 Å². The minimum Gasteiger partial charge on any atom is -0.475 e. The summed E-state index contributed by atoms with van der Waals surface area (Å²) >= 11 is 0. The molecule has 1 fully saturated rings. The Morgan fingerprint density at radius 1 is 1.12 bits per heavy atom. The molecule has 43 heavy (non-hydrogen) atoms. The number of hydrogen-bond donors (Lipinski definition) is 4.